The van der Waals surface area contributed by atoms with Crippen LogP contribution in [0.15, 0.2) is 64.5 Å². The van der Waals surface area contributed by atoms with E-state index >= 15 is 0 Å². The Bertz CT molecular complexity index is 928. The van der Waals surface area contributed by atoms with Crippen LogP contribution in [0.2, 0.25) is 10.0 Å². The van der Waals surface area contributed by atoms with Crippen LogP contribution < -0.4 is 0 Å². The van der Waals surface area contributed by atoms with Gasteiger partial charge in [0.15, 0.2) is 0 Å². The van der Waals surface area contributed by atoms with Crippen LogP contribution >= 0.6 is 35.0 Å². The summed E-state index contributed by atoms with van der Waals surface area (Å²) in [5.74, 6) is -0.617. The molecule has 1 atom stereocenters. The van der Waals surface area contributed by atoms with Crippen molar-refractivity contribution in [2.24, 2.45) is 0 Å². The van der Waals surface area contributed by atoms with Crippen molar-refractivity contribution >= 4 is 40.7 Å². The van der Waals surface area contributed by atoms with Gasteiger partial charge in [0.25, 0.3) is 0 Å². The van der Waals surface area contributed by atoms with Gasteiger partial charge in [-0.05, 0) is 55.8 Å². The minimum Gasteiger partial charge on any atom is -0.299 e. The number of benzene rings is 2. The summed E-state index contributed by atoms with van der Waals surface area (Å²) >= 11 is 13.8. The number of hydrogen-bond acceptors (Lipinski definition) is 4. The average molecular weight is 403 g/mol. The standard InChI is InChI=1S/C20H16Cl2N2OS/c1-12-3-6-15(7-4-12)26-19-10-9-18(23-24-19)20(13(2)25)16-8-5-14(21)11-17(16)22/h3-11,20H,1-2H3. The molecule has 0 saturated carbocycles. The minimum absolute atomic E-state index is 0.0533. The lowest BCUT2D eigenvalue weighted by molar-refractivity contribution is -0.117. The topological polar surface area (TPSA) is 42.9 Å². The number of carbonyl (C=O) groups excluding carboxylic acids is 1. The Morgan fingerprint density at radius 3 is 2.31 bits per heavy atom. The number of carbonyl (C=O) groups is 1. The smallest absolute Gasteiger partial charge is 0.143 e. The molecule has 0 bridgehead atoms. The highest BCUT2D eigenvalue weighted by molar-refractivity contribution is 7.99. The first kappa shape index (κ1) is 18.9. The number of aromatic nitrogens is 2. The van der Waals surface area contributed by atoms with Crippen molar-refractivity contribution in [1.82, 2.24) is 10.2 Å². The van der Waals surface area contributed by atoms with Crippen LogP contribution in [0.1, 0.15) is 29.7 Å². The predicted molar refractivity (Wildman–Crippen MR) is 106 cm³/mol. The lowest BCUT2D eigenvalue weighted by Crippen LogP contribution is -2.13. The number of halogens is 2. The second kappa shape index (κ2) is 8.21. The van der Waals surface area contributed by atoms with Gasteiger partial charge in [0.2, 0.25) is 0 Å². The quantitative estimate of drug-likeness (QED) is 0.527. The zero-order valence-electron chi connectivity index (χ0n) is 14.2. The summed E-state index contributed by atoms with van der Waals surface area (Å²) < 4.78 is 0. The molecular formula is C20H16Cl2N2OS. The lowest BCUT2D eigenvalue weighted by atomic mass is 9.92. The summed E-state index contributed by atoms with van der Waals surface area (Å²) in [7, 11) is 0. The third-order valence-electron chi connectivity index (χ3n) is 3.88. The van der Waals surface area contributed by atoms with E-state index in [1.165, 1.54) is 24.2 Å². The van der Waals surface area contributed by atoms with Gasteiger partial charge in [-0.25, -0.2) is 0 Å². The Morgan fingerprint density at radius 1 is 1.00 bits per heavy atom. The fourth-order valence-electron chi connectivity index (χ4n) is 2.59. The van der Waals surface area contributed by atoms with Crippen LogP contribution in [0, 0.1) is 6.92 Å². The molecule has 26 heavy (non-hydrogen) atoms. The van der Waals surface area contributed by atoms with E-state index in [0.717, 1.165) is 9.92 Å². The molecule has 132 valence electrons. The first-order chi connectivity index (χ1) is 12.4. The molecule has 3 nitrogen and oxygen atoms in total. The molecule has 0 aliphatic carbocycles. The largest absolute Gasteiger partial charge is 0.299 e. The molecule has 0 saturated heterocycles. The molecule has 1 unspecified atom stereocenters. The van der Waals surface area contributed by atoms with E-state index in [-0.39, 0.29) is 5.78 Å². The zero-order chi connectivity index (χ0) is 18.7. The van der Waals surface area contributed by atoms with Gasteiger partial charge in [-0.1, -0.05) is 58.7 Å². The van der Waals surface area contributed by atoms with Crippen molar-refractivity contribution in [3.63, 3.8) is 0 Å². The average Bonchev–Trinajstić information content (AvgIpc) is 2.60. The van der Waals surface area contributed by atoms with Crippen molar-refractivity contribution in [1.29, 1.82) is 0 Å². The van der Waals surface area contributed by atoms with Crippen molar-refractivity contribution in [2.45, 2.75) is 29.7 Å². The number of hydrogen-bond donors (Lipinski definition) is 0. The van der Waals surface area contributed by atoms with Crippen LogP contribution in [-0.2, 0) is 4.79 Å². The van der Waals surface area contributed by atoms with Gasteiger partial charge in [-0.15, -0.1) is 5.10 Å². The van der Waals surface area contributed by atoms with Gasteiger partial charge in [-0.2, -0.15) is 5.10 Å². The van der Waals surface area contributed by atoms with E-state index in [1.807, 2.05) is 31.2 Å². The predicted octanol–water partition coefficient (Wildman–Crippen LogP) is 5.96. The molecule has 1 aromatic heterocycles. The second-order valence-electron chi connectivity index (χ2n) is 5.92. The number of rotatable bonds is 5. The fourth-order valence-corrected chi connectivity index (χ4v) is 3.84. The van der Waals surface area contributed by atoms with Crippen LogP contribution in [-0.4, -0.2) is 16.0 Å². The van der Waals surface area contributed by atoms with Gasteiger partial charge in [0.05, 0.1) is 11.6 Å². The maximum atomic E-state index is 12.2. The van der Waals surface area contributed by atoms with Gasteiger partial charge in [-0.3, -0.25) is 4.79 Å². The normalized spacial score (nSPS) is 12.0. The first-order valence-electron chi connectivity index (χ1n) is 7.97. The van der Waals surface area contributed by atoms with E-state index < -0.39 is 5.92 Å². The molecule has 0 N–H and O–H groups in total. The SMILES string of the molecule is CC(=O)C(c1ccc(Sc2ccc(C)cc2)nn1)c1ccc(Cl)cc1Cl. The summed E-state index contributed by atoms with van der Waals surface area (Å²) in [6.45, 7) is 3.57. The summed E-state index contributed by atoms with van der Waals surface area (Å²) in [4.78, 5) is 13.3. The van der Waals surface area contributed by atoms with E-state index in [9.17, 15) is 4.79 Å². The third kappa shape index (κ3) is 4.44. The summed E-state index contributed by atoms with van der Waals surface area (Å²) in [6, 6.07) is 17.0. The molecule has 6 heteroatoms. The van der Waals surface area contributed by atoms with Gasteiger partial charge in [0.1, 0.15) is 10.8 Å². The van der Waals surface area contributed by atoms with E-state index in [2.05, 4.69) is 22.3 Å². The Morgan fingerprint density at radius 2 is 1.73 bits per heavy atom. The zero-order valence-corrected chi connectivity index (χ0v) is 16.6. The van der Waals surface area contributed by atoms with Crippen LogP contribution in [0.4, 0.5) is 0 Å². The van der Waals surface area contributed by atoms with Gasteiger partial charge < -0.3 is 0 Å². The lowest BCUT2D eigenvalue weighted by Gasteiger charge is -2.15. The van der Waals surface area contributed by atoms with Crippen molar-refractivity contribution in [3.8, 4) is 0 Å². The molecule has 0 fully saturated rings. The highest BCUT2D eigenvalue weighted by Crippen LogP contribution is 2.33. The summed E-state index contributed by atoms with van der Waals surface area (Å²) in [6.07, 6.45) is 0. The molecule has 0 spiro atoms. The highest BCUT2D eigenvalue weighted by Gasteiger charge is 2.23. The molecule has 2 aromatic carbocycles. The minimum atomic E-state index is -0.564. The summed E-state index contributed by atoms with van der Waals surface area (Å²) in [5.41, 5.74) is 2.45. The third-order valence-corrected chi connectivity index (χ3v) is 5.38. The molecule has 0 radical (unpaired) electrons. The van der Waals surface area contributed by atoms with Crippen molar-refractivity contribution in [3.05, 3.63) is 81.5 Å². The maximum Gasteiger partial charge on any atom is 0.143 e. The summed E-state index contributed by atoms with van der Waals surface area (Å²) in [5, 5.41) is 10.3. The Balaban J connectivity index is 1.87. The van der Waals surface area contributed by atoms with E-state index in [0.29, 0.717) is 21.3 Å². The van der Waals surface area contributed by atoms with Crippen LogP contribution in [0.3, 0.4) is 0 Å². The van der Waals surface area contributed by atoms with E-state index in [1.54, 1.807) is 18.2 Å². The van der Waals surface area contributed by atoms with Gasteiger partial charge >= 0.3 is 0 Å². The Labute approximate surface area is 166 Å². The molecule has 3 rings (SSSR count). The Hall–Kier alpha value is -1.88. The first-order valence-corrected chi connectivity index (χ1v) is 9.55. The van der Waals surface area contributed by atoms with Crippen LogP contribution in [0.5, 0.6) is 0 Å². The molecule has 3 aromatic rings. The highest BCUT2D eigenvalue weighted by atomic mass is 35.5. The monoisotopic (exact) mass is 402 g/mol. The van der Waals surface area contributed by atoms with Crippen molar-refractivity contribution < 1.29 is 4.79 Å². The Kier molecular flexibility index (Phi) is 5.97. The molecule has 0 amide bonds. The molecule has 1 heterocycles. The number of aryl methyl sites for hydroxylation is 1. The number of ketones is 1. The number of Topliss-reactive ketones (excluding diaryl/α,β-unsaturated/α-hetero) is 1. The second-order valence-corrected chi connectivity index (χ2v) is 7.86. The molecular weight excluding hydrogens is 387 g/mol. The van der Waals surface area contributed by atoms with Crippen LogP contribution in [0.25, 0.3) is 0 Å². The van der Waals surface area contributed by atoms with Crippen molar-refractivity contribution in [2.75, 3.05) is 0 Å². The maximum absolute atomic E-state index is 12.2. The molecule has 0 aliphatic heterocycles. The van der Waals surface area contributed by atoms with Gasteiger partial charge in [0, 0.05) is 14.9 Å². The number of nitrogens with zero attached hydrogens (tertiary/aromatic N) is 2. The van der Waals surface area contributed by atoms with E-state index in [4.69, 9.17) is 23.2 Å². The molecule has 0 aliphatic rings. The fraction of sp³-hybridized carbons (Fsp3) is 0.150.